The second-order valence-corrected chi connectivity index (χ2v) is 4.61. The summed E-state index contributed by atoms with van der Waals surface area (Å²) < 4.78 is 0. The van der Waals surface area contributed by atoms with Gasteiger partial charge < -0.3 is 5.11 Å². The van der Waals surface area contributed by atoms with Gasteiger partial charge in [-0.15, -0.1) is 0 Å². The Kier molecular flexibility index (Phi) is 12.1. The Morgan fingerprint density at radius 3 is 2.06 bits per heavy atom. The average Bonchev–Trinajstić information content (AvgIpc) is 2.30. The highest BCUT2D eigenvalue weighted by Gasteiger charge is 2.02. The minimum atomic E-state index is -0.250. The summed E-state index contributed by atoms with van der Waals surface area (Å²) in [5.41, 5.74) is 0. The van der Waals surface area contributed by atoms with Crippen molar-refractivity contribution in [2.24, 2.45) is 0 Å². The maximum Gasteiger partial charge on any atom is 0.0622 e. The van der Waals surface area contributed by atoms with E-state index in [4.69, 9.17) is 5.26 Å². The number of aliphatic hydroxyl groups is 1. The molecular formula is C14H27NO. The summed E-state index contributed by atoms with van der Waals surface area (Å²) >= 11 is 0. The smallest absolute Gasteiger partial charge is 0.0622 e. The number of hydrogen-bond acceptors (Lipinski definition) is 2. The molecule has 2 nitrogen and oxygen atoms in total. The van der Waals surface area contributed by atoms with Crippen molar-refractivity contribution in [1.82, 2.24) is 0 Å². The zero-order valence-corrected chi connectivity index (χ0v) is 10.7. The van der Waals surface area contributed by atoms with Crippen LogP contribution in [0.2, 0.25) is 0 Å². The summed E-state index contributed by atoms with van der Waals surface area (Å²) in [5, 5.41) is 17.9. The Bertz CT molecular complexity index is 174. The molecule has 1 N–H and O–H groups in total. The van der Waals surface area contributed by atoms with Gasteiger partial charge in [-0.05, 0) is 12.8 Å². The number of nitrogens with zero attached hydrogens (tertiary/aromatic N) is 1. The first-order chi connectivity index (χ1) is 7.81. The molecule has 0 saturated heterocycles. The first-order valence-electron chi connectivity index (χ1n) is 6.86. The van der Waals surface area contributed by atoms with Gasteiger partial charge in [0.15, 0.2) is 0 Å². The van der Waals surface area contributed by atoms with Crippen molar-refractivity contribution in [2.75, 3.05) is 0 Å². The van der Waals surface area contributed by atoms with Crippen LogP contribution in [0, 0.1) is 11.3 Å². The third kappa shape index (κ3) is 11.5. The molecule has 0 amide bonds. The van der Waals surface area contributed by atoms with Crippen LogP contribution in [0.15, 0.2) is 0 Å². The molecule has 0 heterocycles. The van der Waals surface area contributed by atoms with Crippen molar-refractivity contribution in [1.29, 1.82) is 5.26 Å². The Morgan fingerprint density at radius 1 is 0.938 bits per heavy atom. The Labute approximate surface area is 101 Å². The monoisotopic (exact) mass is 225 g/mol. The largest absolute Gasteiger partial charge is 0.393 e. The molecule has 0 aromatic heterocycles. The molecule has 0 aromatic rings. The molecule has 0 aliphatic carbocycles. The molecule has 1 unspecified atom stereocenters. The van der Waals surface area contributed by atoms with Crippen LogP contribution in [-0.2, 0) is 0 Å². The van der Waals surface area contributed by atoms with E-state index in [9.17, 15) is 5.11 Å². The zero-order chi connectivity index (χ0) is 12.1. The maximum atomic E-state index is 9.50. The van der Waals surface area contributed by atoms with Gasteiger partial charge >= 0.3 is 0 Å². The predicted molar refractivity (Wildman–Crippen MR) is 68.1 cm³/mol. The molecule has 0 bridgehead atoms. The highest BCUT2D eigenvalue weighted by Crippen LogP contribution is 2.12. The third-order valence-corrected chi connectivity index (χ3v) is 2.98. The van der Waals surface area contributed by atoms with Gasteiger partial charge in [0.1, 0.15) is 0 Å². The quantitative estimate of drug-likeness (QED) is 0.536. The summed E-state index contributed by atoms with van der Waals surface area (Å²) in [6.07, 6.45) is 12.2. The van der Waals surface area contributed by atoms with Gasteiger partial charge in [-0.3, -0.25) is 0 Å². The van der Waals surface area contributed by atoms with Crippen molar-refractivity contribution >= 4 is 0 Å². The van der Waals surface area contributed by atoms with Crippen molar-refractivity contribution in [3.63, 3.8) is 0 Å². The number of hydrogen-bond donors (Lipinski definition) is 1. The van der Waals surface area contributed by atoms with Gasteiger partial charge in [-0.25, -0.2) is 0 Å². The van der Waals surface area contributed by atoms with Crippen LogP contribution in [0.1, 0.15) is 77.6 Å². The van der Waals surface area contributed by atoms with Crippen LogP contribution in [0.4, 0.5) is 0 Å². The molecule has 0 aliphatic heterocycles. The van der Waals surface area contributed by atoms with E-state index >= 15 is 0 Å². The molecule has 94 valence electrons. The Hall–Kier alpha value is -0.550. The van der Waals surface area contributed by atoms with E-state index in [2.05, 4.69) is 13.0 Å². The highest BCUT2D eigenvalue weighted by atomic mass is 16.3. The van der Waals surface area contributed by atoms with Gasteiger partial charge in [0, 0.05) is 6.42 Å². The van der Waals surface area contributed by atoms with Crippen molar-refractivity contribution in [2.45, 2.75) is 83.7 Å². The van der Waals surface area contributed by atoms with Crippen LogP contribution in [0.25, 0.3) is 0 Å². The number of nitriles is 1. The minimum absolute atomic E-state index is 0.250. The standard InChI is InChI=1S/C14H27NO/c1-2-3-4-5-6-7-8-9-11-14(16)12-10-13-15/h14,16H,2-12H2,1H3. The first kappa shape index (κ1) is 15.4. The van der Waals surface area contributed by atoms with Crippen LogP contribution < -0.4 is 0 Å². The molecule has 0 aromatic carbocycles. The zero-order valence-electron chi connectivity index (χ0n) is 10.7. The molecule has 16 heavy (non-hydrogen) atoms. The SMILES string of the molecule is CCCCCCCCCCC(O)CCC#N. The normalized spacial score (nSPS) is 12.3. The van der Waals surface area contributed by atoms with Crippen molar-refractivity contribution < 1.29 is 5.11 Å². The second-order valence-electron chi connectivity index (χ2n) is 4.61. The maximum absolute atomic E-state index is 9.50. The fourth-order valence-corrected chi connectivity index (χ4v) is 1.89. The van der Waals surface area contributed by atoms with E-state index in [1.54, 1.807) is 0 Å². The van der Waals surface area contributed by atoms with Crippen LogP contribution in [-0.4, -0.2) is 11.2 Å². The summed E-state index contributed by atoms with van der Waals surface area (Å²) in [5.74, 6) is 0. The minimum Gasteiger partial charge on any atom is -0.393 e. The Balaban J connectivity index is 3.06. The molecule has 1 atom stereocenters. The van der Waals surface area contributed by atoms with E-state index in [0.29, 0.717) is 12.8 Å². The molecule has 0 aliphatic rings. The average molecular weight is 225 g/mol. The van der Waals surface area contributed by atoms with E-state index in [1.165, 1.54) is 44.9 Å². The van der Waals surface area contributed by atoms with Crippen LogP contribution in [0.5, 0.6) is 0 Å². The Morgan fingerprint density at radius 2 is 1.50 bits per heavy atom. The van der Waals surface area contributed by atoms with Gasteiger partial charge in [0.2, 0.25) is 0 Å². The lowest BCUT2D eigenvalue weighted by Crippen LogP contribution is -2.05. The molecule has 0 fully saturated rings. The van der Waals surface area contributed by atoms with Gasteiger partial charge in [-0.2, -0.15) is 5.26 Å². The molecule has 0 spiro atoms. The van der Waals surface area contributed by atoms with E-state index in [0.717, 1.165) is 12.8 Å². The second kappa shape index (κ2) is 12.5. The lowest BCUT2D eigenvalue weighted by Gasteiger charge is -2.07. The lowest BCUT2D eigenvalue weighted by molar-refractivity contribution is 0.152. The molecule has 0 radical (unpaired) electrons. The molecule has 2 heteroatoms. The van der Waals surface area contributed by atoms with Crippen molar-refractivity contribution in [3.8, 4) is 6.07 Å². The summed E-state index contributed by atoms with van der Waals surface area (Å²) in [6.45, 7) is 2.24. The summed E-state index contributed by atoms with van der Waals surface area (Å²) in [7, 11) is 0. The fraction of sp³-hybridized carbons (Fsp3) is 0.929. The molecule has 0 rings (SSSR count). The first-order valence-corrected chi connectivity index (χ1v) is 6.86. The summed E-state index contributed by atoms with van der Waals surface area (Å²) in [6, 6.07) is 2.07. The third-order valence-electron chi connectivity index (χ3n) is 2.98. The van der Waals surface area contributed by atoms with Crippen LogP contribution >= 0.6 is 0 Å². The fourth-order valence-electron chi connectivity index (χ4n) is 1.89. The van der Waals surface area contributed by atoms with E-state index < -0.39 is 0 Å². The van der Waals surface area contributed by atoms with Crippen molar-refractivity contribution in [3.05, 3.63) is 0 Å². The number of aliphatic hydroxyl groups excluding tert-OH is 1. The van der Waals surface area contributed by atoms with E-state index in [-0.39, 0.29) is 6.10 Å². The van der Waals surface area contributed by atoms with Gasteiger partial charge in [-0.1, -0.05) is 58.3 Å². The van der Waals surface area contributed by atoms with Gasteiger partial charge in [0.05, 0.1) is 12.2 Å². The lowest BCUT2D eigenvalue weighted by atomic mass is 10.0. The summed E-state index contributed by atoms with van der Waals surface area (Å²) in [4.78, 5) is 0. The number of unbranched alkanes of at least 4 members (excludes halogenated alkanes) is 7. The topological polar surface area (TPSA) is 44.0 Å². The highest BCUT2D eigenvalue weighted by molar-refractivity contribution is 4.71. The van der Waals surface area contributed by atoms with E-state index in [1.807, 2.05) is 0 Å². The molecule has 0 saturated carbocycles. The predicted octanol–water partition coefficient (Wildman–Crippen LogP) is 4.18. The molecular weight excluding hydrogens is 198 g/mol. The van der Waals surface area contributed by atoms with Gasteiger partial charge in [0.25, 0.3) is 0 Å². The number of rotatable bonds is 11. The van der Waals surface area contributed by atoms with Crippen LogP contribution in [0.3, 0.4) is 0 Å².